The van der Waals surface area contributed by atoms with Gasteiger partial charge in [-0.3, -0.25) is 9.78 Å². The first-order chi connectivity index (χ1) is 12.5. The molecule has 7 heteroatoms. The van der Waals surface area contributed by atoms with E-state index in [1.165, 1.54) is 18.3 Å². The fourth-order valence-electron chi connectivity index (χ4n) is 2.49. The molecule has 0 aliphatic rings. The molecule has 0 radical (unpaired) electrons. The first-order valence-corrected chi connectivity index (χ1v) is 8.00. The van der Waals surface area contributed by atoms with E-state index >= 15 is 0 Å². The summed E-state index contributed by atoms with van der Waals surface area (Å²) < 4.78 is 26.3. The lowest BCUT2D eigenvalue weighted by Gasteiger charge is -2.08. The molecule has 2 aromatic heterocycles. The number of carbonyl (C=O) groups is 1. The molecule has 0 saturated carbocycles. The van der Waals surface area contributed by atoms with E-state index in [2.05, 4.69) is 20.3 Å². The van der Waals surface area contributed by atoms with Crippen molar-refractivity contribution in [1.29, 1.82) is 0 Å². The van der Waals surface area contributed by atoms with Crippen molar-refractivity contribution in [2.75, 3.05) is 6.54 Å². The number of hydrogen-bond acceptors (Lipinski definition) is 4. The summed E-state index contributed by atoms with van der Waals surface area (Å²) in [6, 6.07) is 6.91. The number of nitrogens with one attached hydrogen (secondary N) is 1. The van der Waals surface area contributed by atoms with Crippen LogP contribution in [0.5, 0.6) is 0 Å². The van der Waals surface area contributed by atoms with E-state index in [0.29, 0.717) is 29.1 Å². The van der Waals surface area contributed by atoms with Crippen LogP contribution >= 0.6 is 0 Å². The van der Waals surface area contributed by atoms with Gasteiger partial charge in [-0.05, 0) is 43.2 Å². The molecule has 3 aromatic rings. The lowest BCUT2D eigenvalue weighted by Crippen LogP contribution is -2.27. The second-order valence-electron chi connectivity index (χ2n) is 5.72. The molecule has 132 valence electrons. The third kappa shape index (κ3) is 4.24. The Balaban J connectivity index is 1.64. The van der Waals surface area contributed by atoms with E-state index < -0.39 is 11.6 Å². The quantitative estimate of drug-likeness (QED) is 0.764. The van der Waals surface area contributed by atoms with Crippen molar-refractivity contribution >= 4 is 5.91 Å². The second kappa shape index (κ2) is 7.77. The molecule has 3 rings (SSSR count). The van der Waals surface area contributed by atoms with Gasteiger partial charge in [0.1, 0.15) is 11.6 Å². The number of amides is 1. The molecule has 5 nitrogen and oxygen atoms in total. The summed E-state index contributed by atoms with van der Waals surface area (Å²) in [5, 5.41) is 2.71. The predicted octanol–water partition coefficient (Wildman–Crippen LogP) is 3.10. The van der Waals surface area contributed by atoms with Crippen LogP contribution in [0.3, 0.4) is 0 Å². The molecule has 0 atom stereocenters. The Morgan fingerprint density at radius 3 is 2.58 bits per heavy atom. The summed E-state index contributed by atoms with van der Waals surface area (Å²) in [6.07, 6.45) is 5.07. The summed E-state index contributed by atoms with van der Waals surface area (Å²) >= 11 is 0. The van der Waals surface area contributed by atoms with Gasteiger partial charge in [0.25, 0.3) is 5.91 Å². The van der Waals surface area contributed by atoms with Gasteiger partial charge >= 0.3 is 0 Å². The minimum absolute atomic E-state index is 0.242. The van der Waals surface area contributed by atoms with Crippen LogP contribution in [0.1, 0.15) is 21.6 Å². The van der Waals surface area contributed by atoms with Crippen LogP contribution in [-0.2, 0) is 6.42 Å². The fourth-order valence-corrected chi connectivity index (χ4v) is 2.49. The molecular weight excluding hydrogens is 338 g/mol. The summed E-state index contributed by atoms with van der Waals surface area (Å²) in [5.41, 5.74) is 2.12. The molecule has 0 unspecified atom stereocenters. The SMILES string of the molecule is Cc1nc(-c2cccnc2)ncc1C(=O)NCCc1cc(F)cc(F)c1. The van der Waals surface area contributed by atoms with Crippen molar-refractivity contribution in [3.63, 3.8) is 0 Å². The van der Waals surface area contributed by atoms with Crippen molar-refractivity contribution in [1.82, 2.24) is 20.3 Å². The van der Waals surface area contributed by atoms with Gasteiger partial charge in [-0.1, -0.05) is 0 Å². The number of hydrogen-bond donors (Lipinski definition) is 1. The Morgan fingerprint density at radius 1 is 1.15 bits per heavy atom. The van der Waals surface area contributed by atoms with Crippen LogP contribution in [0.15, 0.2) is 48.9 Å². The van der Waals surface area contributed by atoms with Gasteiger partial charge < -0.3 is 5.32 Å². The number of rotatable bonds is 5. The highest BCUT2D eigenvalue weighted by molar-refractivity contribution is 5.95. The topological polar surface area (TPSA) is 67.8 Å². The average molecular weight is 354 g/mol. The largest absolute Gasteiger partial charge is 0.352 e. The van der Waals surface area contributed by atoms with Crippen LogP contribution in [0, 0.1) is 18.6 Å². The number of aromatic nitrogens is 3. The molecule has 0 fully saturated rings. The Kier molecular flexibility index (Phi) is 5.26. The number of benzene rings is 1. The number of pyridine rings is 1. The Hall–Kier alpha value is -3.22. The molecule has 0 saturated heterocycles. The Bertz CT molecular complexity index is 912. The average Bonchev–Trinajstić information content (AvgIpc) is 2.61. The highest BCUT2D eigenvalue weighted by atomic mass is 19.1. The lowest BCUT2D eigenvalue weighted by atomic mass is 10.1. The third-order valence-corrected chi connectivity index (χ3v) is 3.77. The van der Waals surface area contributed by atoms with Crippen molar-refractivity contribution in [2.45, 2.75) is 13.3 Å². The maximum absolute atomic E-state index is 13.2. The van der Waals surface area contributed by atoms with Crippen LogP contribution in [0.25, 0.3) is 11.4 Å². The van der Waals surface area contributed by atoms with Crippen molar-refractivity contribution in [3.8, 4) is 11.4 Å². The van der Waals surface area contributed by atoms with Crippen molar-refractivity contribution < 1.29 is 13.6 Å². The zero-order valence-corrected chi connectivity index (χ0v) is 14.0. The Labute approximate surface area is 149 Å². The van der Waals surface area contributed by atoms with E-state index in [9.17, 15) is 13.6 Å². The molecule has 26 heavy (non-hydrogen) atoms. The van der Waals surface area contributed by atoms with Crippen LogP contribution < -0.4 is 5.32 Å². The molecule has 1 aromatic carbocycles. The molecule has 1 amide bonds. The Morgan fingerprint density at radius 2 is 1.92 bits per heavy atom. The zero-order valence-electron chi connectivity index (χ0n) is 14.0. The minimum atomic E-state index is -0.637. The van der Waals surface area contributed by atoms with Crippen LogP contribution in [0.4, 0.5) is 8.78 Å². The smallest absolute Gasteiger partial charge is 0.254 e. The maximum atomic E-state index is 13.2. The van der Waals surface area contributed by atoms with Gasteiger partial charge in [0.15, 0.2) is 5.82 Å². The summed E-state index contributed by atoms with van der Waals surface area (Å²) in [5.74, 6) is -1.12. The van der Waals surface area contributed by atoms with E-state index in [1.54, 1.807) is 25.4 Å². The van der Waals surface area contributed by atoms with E-state index in [-0.39, 0.29) is 12.5 Å². The molecule has 0 aliphatic heterocycles. The minimum Gasteiger partial charge on any atom is -0.352 e. The molecule has 0 bridgehead atoms. The summed E-state index contributed by atoms with van der Waals surface area (Å²) in [6.45, 7) is 1.96. The zero-order chi connectivity index (χ0) is 18.5. The highest BCUT2D eigenvalue weighted by Crippen LogP contribution is 2.15. The normalized spacial score (nSPS) is 10.6. The van der Waals surface area contributed by atoms with Gasteiger partial charge in [0.2, 0.25) is 0 Å². The standard InChI is InChI=1S/C19H16F2N4O/c1-12-17(11-24-18(25-12)14-3-2-5-22-10-14)19(26)23-6-4-13-7-15(20)9-16(21)8-13/h2-3,5,7-11H,4,6H2,1H3,(H,23,26). The molecular formula is C19H16F2N4O. The lowest BCUT2D eigenvalue weighted by molar-refractivity contribution is 0.0952. The van der Waals surface area contributed by atoms with Gasteiger partial charge in [0, 0.05) is 36.8 Å². The summed E-state index contributed by atoms with van der Waals surface area (Å²) in [4.78, 5) is 24.9. The van der Waals surface area contributed by atoms with Gasteiger partial charge in [-0.2, -0.15) is 0 Å². The van der Waals surface area contributed by atoms with Gasteiger partial charge in [-0.25, -0.2) is 18.7 Å². The van der Waals surface area contributed by atoms with E-state index in [1.807, 2.05) is 6.07 Å². The number of aryl methyl sites for hydroxylation is 1. The molecule has 2 heterocycles. The maximum Gasteiger partial charge on any atom is 0.254 e. The molecule has 0 aliphatic carbocycles. The van der Waals surface area contributed by atoms with Crippen LogP contribution in [0.2, 0.25) is 0 Å². The van der Waals surface area contributed by atoms with E-state index in [4.69, 9.17) is 0 Å². The van der Waals surface area contributed by atoms with E-state index in [0.717, 1.165) is 11.6 Å². The fraction of sp³-hybridized carbons (Fsp3) is 0.158. The van der Waals surface area contributed by atoms with Crippen LogP contribution in [-0.4, -0.2) is 27.4 Å². The molecule has 0 spiro atoms. The molecule has 1 N–H and O–H groups in total. The predicted molar refractivity (Wildman–Crippen MR) is 92.4 cm³/mol. The highest BCUT2D eigenvalue weighted by Gasteiger charge is 2.12. The summed E-state index contributed by atoms with van der Waals surface area (Å²) in [7, 11) is 0. The first kappa shape index (κ1) is 17.6. The number of carbonyl (C=O) groups excluding carboxylic acids is 1. The third-order valence-electron chi connectivity index (χ3n) is 3.77. The monoisotopic (exact) mass is 354 g/mol. The van der Waals surface area contributed by atoms with Gasteiger partial charge in [0.05, 0.1) is 11.3 Å². The van der Waals surface area contributed by atoms with Crippen molar-refractivity contribution in [3.05, 3.63) is 77.4 Å². The second-order valence-corrected chi connectivity index (χ2v) is 5.72. The number of halogens is 2. The number of nitrogens with zero attached hydrogens (tertiary/aromatic N) is 3. The first-order valence-electron chi connectivity index (χ1n) is 8.00. The van der Waals surface area contributed by atoms with Gasteiger partial charge in [-0.15, -0.1) is 0 Å². The van der Waals surface area contributed by atoms with Crippen molar-refractivity contribution in [2.24, 2.45) is 0 Å².